The molecule has 1 aliphatic rings. The number of hydrogen-bond acceptors (Lipinski definition) is 6. The van der Waals surface area contributed by atoms with Crippen LogP contribution in [0.15, 0.2) is 53.6 Å². The van der Waals surface area contributed by atoms with Crippen molar-refractivity contribution in [2.45, 2.75) is 27.0 Å². The number of anilines is 2. The van der Waals surface area contributed by atoms with Crippen molar-refractivity contribution in [2.24, 2.45) is 5.92 Å². The highest BCUT2D eigenvalue weighted by molar-refractivity contribution is 5.71. The van der Waals surface area contributed by atoms with Gasteiger partial charge < -0.3 is 15.2 Å². The van der Waals surface area contributed by atoms with Gasteiger partial charge in [-0.15, -0.1) is 0 Å². The van der Waals surface area contributed by atoms with E-state index in [0.717, 1.165) is 33.6 Å². The molecule has 8 nitrogen and oxygen atoms in total. The van der Waals surface area contributed by atoms with Gasteiger partial charge in [-0.05, 0) is 48.7 Å². The van der Waals surface area contributed by atoms with Crippen molar-refractivity contribution in [3.05, 3.63) is 81.4 Å². The number of likely N-dealkylation sites (tertiary alicyclic amines) is 1. The quantitative estimate of drug-likeness (QED) is 0.546. The Morgan fingerprint density at radius 2 is 1.91 bits per heavy atom. The van der Waals surface area contributed by atoms with Gasteiger partial charge in [0, 0.05) is 56.1 Å². The summed E-state index contributed by atoms with van der Waals surface area (Å²) < 4.78 is 6.83. The maximum absolute atomic E-state index is 13.2. The molecule has 2 aromatic carbocycles. The molecule has 0 spiro atoms. The summed E-state index contributed by atoms with van der Waals surface area (Å²) in [6.45, 7) is 6.31. The smallest absolute Gasteiger partial charge is 0.309 e. The number of carboxylic acid groups (broad SMARTS) is 1. The topological polar surface area (TPSA) is 96.7 Å². The third-order valence-electron chi connectivity index (χ3n) is 6.06. The van der Waals surface area contributed by atoms with Crippen molar-refractivity contribution >= 4 is 17.5 Å². The van der Waals surface area contributed by atoms with Crippen LogP contribution < -0.4 is 10.9 Å². The number of rotatable bonds is 8. The van der Waals surface area contributed by atoms with Crippen LogP contribution in [0.25, 0.3) is 5.69 Å². The molecule has 0 radical (unpaired) electrons. The molecule has 0 amide bonds. The van der Waals surface area contributed by atoms with Crippen LogP contribution in [0.3, 0.4) is 0 Å². The summed E-state index contributed by atoms with van der Waals surface area (Å²) in [4.78, 5) is 30.7. The van der Waals surface area contributed by atoms with Crippen molar-refractivity contribution in [3.8, 4) is 5.69 Å². The Labute approximate surface area is 192 Å². The lowest BCUT2D eigenvalue weighted by atomic mass is 9.96. The van der Waals surface area contributed by atoms with Crippen molar-refractivity contribution in [1.29, 1.82) is 0 Å². The minimum atomic E-state index is -0.735. The van der Waals surface area contributed by atoms with Crippen LogP contribution in [0.1, 0.15) is 22.3 Å². The van der Waals surface area contributed by atoms with Crippen molar-refractivity contribution in [2.75, 3.05) is 25.5 Å². The van der Waals surface area contributed by atoms with Crippen LogP contribution >= 0.6 is 0 Å². The van der Waals surface area contributed by atoms with Crippen LogP contribution in [-0.2, 0) is 22.7 Å². The highest BCUT2D eigenvalue weighted by Crippen LogP contribution is 2.25. The Bertz CT molecular complexity index is 1210. The average molecular weight is 449 g/mol. The number of methoxy groups -OCH3 is 1. The van der Waals surface area contributed by atoms with Gasteiger partial charge in [-0.1, -0.05) is 18.2 Å². The molecule has 0 unspecified atom stereocenters. The highest BCUT2D eigenvalue weighted by Gasteiger charge is 2.32. The fourth-order valence-corrected chi connectivity index (χ4v) is 4.19. The molecule has 3 aromatic rings. The van der Waals surface area contributed by atoms with Gasteiger partial charge in [0.2, 0.25) is 0 Å². The number of benzene rings is 2. The van der Waals surface area contributed by atoms with E-state index < -0.39 is 5.97 Å². The lowest BCUT2D eigenvalue weighted by Crippen LogP contribution is -2.49. The molecule has 1 saturated heterocycles. The first-order chi connectivity index (χ1) is 15.9. The van der Waals surface area contributed by atoms with Crippen LogP contribution in [0.5, 0.6) is 0 Å². The second-order valence-electron chi connectivity index (χ2n) is 8.45. The summed E-state index contributed by atoms with van der Waals surface area (Å²) in [7, 11) is 1.63. The Morgan fingerprint density at radius 3 is 2.58 bits per heavy atom. The number of ether oxygens (including phenoxy) is 1. The number of aryl methyl sites for hydroxylation is 2. The molecule has 2 N–H and O–H groups in total. The van der Waals surface area contributed by atoms with Crippen LogP contribution in [0.2, 0.25) is 0 Å². The van der Waals surface area contributed by atoms with Crippen molar-refractivity contribution in [1.82, 2.24) is 14.5 Å². The third kappa shape index (κ3) is 4.81. The number of para-hydroxylation sites is 1. The fraction of sp³-hybridized carbons (Fsp3) is 0.320. The predicted octanol–water partition coefficient (Wildman–Crippen LogP) is 3.26. The van der Waals surface area contributed by atoms with E-state index in [1.807, 2.05) is 50.2 Å². The number of nitrogens with one attached hydrogen (secondary N) is 1. The van der Waals surface area contributed by atoms with Gasteiger partial charge in [0.05, 0.1) is 12.5 Å². The normalized spacial score (nSPS) is 14.2. The maximum Gasteiger partial charge on any atom is 0.309 e. The van der Waals surface area contributed by atoms with E-state index in [1.54, 1.807) is 24.1 Å². The molecule has 1 fully saturated rings. The monoisotopic (exact) mass is 448 g/mol. The average Bonchev–Trinajstić information content (AvgIpc) is 2.74. The van der Waals surface area contributed by atoms with E-state index in [-0.39, 0.29) is 17.3 Å². The number of carboxylic acids is 1. The zero-order valence-corrected chi connectivity index (χ0v) is 19.0. The third-order valence-corrected chi connectivity index (χ3v) is 6.06. The van der Waals surface area contributed by atoms with Gasteiger partial charge >= 0.3 is 5.97 Å². The maximum atomic E-state index is 13.2. The van der Waals surface area contributed by atoms with Crippen LogP contribution in [0.4, 0.5) is 11.5 Å². The molecule has 0 bridgehead atoms. The molecule has 33 heavy (non-hydrogen) atoms. The van der Waals surface area contributed by atoms with Gasteiger partial charge in [0.25, 0.3) is 5.56 Å². The van der Waals surface area contributed by atoms with E-state index in [9.17, 15) is 9.59 Å². The molecule has 0 atom stereocenters. The zero-order chi connectivity index (χ0) is 23.5. The lowest BCUT2D eigenvalue weighted by Gasteiger charge is -2.37. The SMILES string of the molecule is COCc1ccccc1Nc1nccn(-c2cc(C)c(CN3CC(C(=O)O)C3)c(C)c2)c1=O. The number of hydrogen-bond donors (Lipinski definition) is 2. The molecular weight excluding hydrogens is 420 g/mol. The minimum absolute atomic E-state index is 0.237. The van der Waals surface area contributed by atoms with E-state index in [4.69, 9.17) is 9.84 Å². The Balaban J connectivity index is 1.59. The largest absolute Gasteiger partial charge is 0.481 e. The highest BCUT2D eigenvalue weighted by atomic mass is 16.5. The first-order valence-electron chi connectivity index (χ1n) is 10.8. The molecule has 1 aliphatic heterocycles. The van der Waals surface area contributed by atoms with Crippen molar-refractivity contribution < 1.29 is 14.6 Å². The summed E-state index contributed by atoms with van der Waals surface area (Å²) in [6.07, 6.45) is 3.27. The molecular formula is C25H28N4O4. The second-order valence-corrected chi connectivity index (χ2v) is 8.45. The standard InChI is InChI=1S/C25H28N4O4/c1-16-10-20(11-17(2)21(16)14-28-12-19(13-28)25(31)32)29-9-8-26-23(24(29)30)27-22-7-5-4-6-18(22)15-33-3/h4-11,19H,12-15H2,1-3H3,(H,26,27)(H,31,32). The number of aromatic nitrogens is 2. The first kappa shape index (κ1) is 22.7. The molecule has 1 aromatic heterocycles. The van der Waals surface area contributed by atoms with E-state index in [0.29, 0.717) is 26.2 Å². The van der Waals surface area contributed by atoms with Gasteiger partial charge in [0.15, 0.2) is 5.82 Å². The van der Waals surface area contributed by atoms with Gasteiger partial charge in [0.1, 0.15) is 0 Å². The predicted molar refractivity (Wildman–Crippen MR) is 126 cm³/mol. The van der Waals surface area contributed by atoms with Gasteiger partial charge in [-0.3, -0.25) is 19.1 Å². The van der Waals surface area contributed by atoms with E-state index in [1.165, 1.54) is 0 Å². The van der Waals surface area contributed by atoms with Gasteiger partial charge in [-0.2, -0.15) is 0 Å². The molecule has 4 rings (SSSR count). The molecule has 8 heteroatoms. The number of carbonyl (C=O) groups is 1. The Kier molecular flexibility index (Phi) is 6.57. The molecule has 0 saturated carbocycles. The summed E-state index contributed by atoms with van der Waals surface area (Å²) >= 11 is 0. The Morgan fingerprint density at radius 1 is 1.21 bits per heavy atom. The fourth-order valence-electron chi connectivity index (χ4n) is 4.19. The minimum Gasteiger partial charge on any atom is -0.481 e. The molecule has 172 valence electrons. The van der Waals surface area contributed by atoms with Crippen LogP contribution in [-0.4, -0.2) is 45.7 Å². The number of aliphatic carboxylic acids is 1. The summed E-state index contributed by atoms with van der Waals surface area (Å²) in [5, 5.41) is 12.2. The van der Waals surface area contributed by atoms with E-state index in [2.05, 4.69) is 15.2 Å². The zero-order valence-electron chi connectivity index (χ0n) is 19.0. The second kappa shape index (κ2) is 9.56. The summed E-state index contributed by atoms with van der Waals surface area (Å²) in [5.74, 6) is -0.776. The van der Waals surface area contributed by atoms with Gasteiger partial charge in [-0.25, -0.2) is 4.98 Å². The van der Waals surface area contributed by atoms with Crippen LogP contribution in [0, 0.1) is 19.8 Å². The van der Waals surface area contributed by atoms with E-state index >= 15 is 0 Å². The van der Waals surface area contributed by atoms with Crippen molar-refractivity contribution in [3.63, 3.8) is 0 Å². The first-order valence-corrected chi connectivity index (χ1v) is 10.8. The number of nitrogens with zero attached hydrogens (tertiary/aromatic N) is 3. The lowest BCUT2D eigenvalue weighted by molar-refractivity contribution is -0.147. The molecule has 2 heterocycles. The summed E-state index contributed by atoms with van der Waals surface area (Å²) in [5.41, 5.74) is 5.52. The molecule has 0 aliphatic carbocycles. The summed E-state index contributed by atoms with van der Waals surface area (Å²) in [6, 6.07) is 11.6. The Hall–Kier alpha value is -3.49.